The first-order chi connectivity index (χ1) is 8.97. The lowest BCUT2D eigenvalue weighted by Crippen LogP contribution is -2.49. The topological polar surface area (TPSA) is 23.5 Å². The van der Waals surface area contributed by atoms with Gasteiger partial charge in [0.05, 0.1) is 12.5 Å². The molecule has 3 unspecified atom stereocenters. The molecule has 3 atom stereocenters. The Morgan fingerprint density at radius 3 is 2.37 bits per heavy atom. The number of hydrogen-bond acceptors (Lipinski definition) is 2. The Balaban J connectivity index is 1.94. The van der Waals surface area contributed by atoms with Crippen molar-refractivity contribution in [2.45, 2.75) is 69.7 Å². The molecule has 0 aromatic rings. The van der Waals surface area contributed by atoms with Crippen molar-refractivity contribution in [1.29, 1.82) is 0 Å². The second-order valence-electron chi connectivity index (χ2n) is 5.98. The molecule has 112 valence electrons. The SMILES string of the molecule is OC1CCCCC1C1CCCCN1CCC(F)(F)F. The van der Waals surface area contributed by atoms with Gasteiger partial charge in [-0.25, -0.2) is 0 Å². The molecule has 1 saturated carbocycles. The minimum atomic E-state index is -4.08. The molecule has 1 N–H and O–H groups in total. The fourth-order valence-electron chi connectivity index (χ4n) is 3.64. The molecule has 0 amide bonds. The van der Waals surface area contributed by atoms with Crippen LogP contribution in [0.25, 0.3) is 0 Å². The maximum atomic E-state index is 12.4. The summed E-state index contributed by atoms with van der Waals surface area (Å²) >= 11 is 0. The molecule has 1 heterocycles. The summed E-state index contributed by atoms with van der Waals surface area (Å²) in [5, 5.41) is 10.1. The van der Waals surface area contributed by atoms with Crippen LogP contribution < -0.4 is 0 Å². The van der Waals surface area contributed by atoms with Crippen molar-refractivity contribution >= 4 is 0 Å². The number of nitrogens with zero attached hydrogens (tertiary/aromatic N) is 1. The molecule has 2 fully saturated rings. The van der Waals surface area contributed by atoms with Gasteiger partial charge in [0.1, 0.15) is 0 Å². The predicted molar refractivity (Wildman–Crippen MR) is 67.8 cm³/mol. The standard InChI is InChI=1S/C14H24F3NO/c15-14(16,17)8-10-18-9-4-3-6-12(18)11-5-1-2-7-13(11)19/h11-13,19H,1-10H2. The Bertz CT molecular complexity index is 282. The highest BCUT2D eigenvalue weighted by atomic mass is 19.4. The van der Waals surface area contributed by atoms with Crippen LogP contribution in [0, 0.1) is 5.92 Å². The Morgan fingerprint density at radius 2 is 1.68 bits per heavy atom. The molecule has 19 heavy (non-hydrogen) atoms. The Labute approximate surface area is 113 Å². The second kappa shape index (κ2) is 6.44. The molecule has 0 spiro atoms. The lowest BCUT2D eigenvalue weighted by molar-refractivity contribution is -0.141. The summed E-state index contributed by atoms with van der Waals surface area (Å²) in [5.74, 6) is 0.183. The molecule has 0 bridgehead atoms. The Hall–Kier alpha value is -0.290. The first-order valence-corrected chi connectivity index (χ1v) is 7.46. The number of hydrogen-bond donors (Lipinski definition) is 1. The minimum Gasteiger partial charge on any atom is -0.393 e. The van der Waals surface area contributed by atoms with Crippen molar-refractivity contribution in [3.8, 4) is 0 Å². The van der Waals surface area contributed by atoms with Crippen LogP contribution in [0.4, 0.5) is 13.2 Å². The highest BCUT2D eigenvalue weighted by Crippen LogP contribution is 2.34. The van der Waals surface area contributed by atoms with E-state index in [1.807, 2.05) is 4.90 Å². The quantitative estimate of drug-likeness (QED) is 0.856. The second-order valence-corrected chi connectivity index (χ2v) is 5.98. The van der Waals surface area contributed by atoms with Gasteiger partial charge in [0.15, 0.2) is 0 Å². The molecule has 1 saturated heterocycles. The number of aliphatic hydroxyl groups is 1. The zero-order chi connectivity index (χ0) is 13.9. The van der Waals surface area contributed by atoms with Gasteiger partial charge in [-0.05, 0) is 32.2 Å². The van der Waals surface area contributed by atoms with Crippen molar-refractivity contribution in [3.63, 3.8) is 0 Å². The summed E-state index contributed by atoms with van der Waals surface area (Å²) in [6.07, 6.45) is 1.82. The molecule has 0 aromatic heterocycles. The van der Waals surface area contributed by atoms with E-state index in [1.54, 1.807) is 0 Å². The van der Waals surface area contributed by atoms with Gasteiger partial charge in [0, 0.05) is 18.5 Å². The monoisotopic (exact) mass is 279 g/mol. The molecule has 1 aliphatic carbocycles. The van der Waals surface area contributed by atoms with Gasteiger partial charge in [-0.15, -0.1) is 0 Å². The lowest BCUT2D eigenvalue weighted by atomic mass is 9.78. The number of alkyl halides is 3. The van der Waals surface area contributed by atoms with E-state index in [0.717, 1.165) is 51.5 Å². The zero-order valence-electron chi connectivity index (χ0n) is 11.3. The van der Waals surface area contributed by atoms with Crippen LogP contribution in [-0.4, -0.2) is 41.4 Å². The summed E-state index contributed by atoms with van der Waals surface area (Å²) in [6, 6.07) is 0.159. The fraction of sp³-hybridized carbons (Fsp3) is 1.00. The van der Waals surface area contributed by atoms with Crippen LogP contribution in [0.15, 0.2) is 0 Å². The van der Waals surface area contributed by atoms with Gasteiger partial charge in [-0.3, -0.25) is 4.90 Å². The van der Waals surface area contributed by atoms with E-state index in [0.29, 0.717) is 0 Å². The van der Waals surface area contributed by atoms with Crippen LogP contribution in [0.2, 0.25) is 0 Å². The summed E-state index contributed by atoms with van der Waals surface area (Å²) in [5.41, 5.74) is 0. The third-order valence-corrected chi connectivity index (χ3v) is 4.62. The zero-order valence-corrected chi connectivity index (χ0v) is 11.3. The molecule has 2 aliphatic rings. The summed E-state index contributed by atoms with van der Waals surface area (Å²) in [7, 11) is 0. The summed E-state index contributed by atoms with van der Waals surface area (Å²) in [4.78, 5) is 1.98. The first kappa shape index (κ1) is 15.1. The Morgan fingerprint density at radius 1 is 1.00 bits per heavy atom. The number of aliphatic hydroxyl groups excluding tert-OH is 1. The van der Waals surface area contributed by atoms with Gasteiger partial charge in [0.25, 0.3) is 0 Å². The normalized spacial score (nSPS) is 34.4. The van der Waals surface area contributed by atoms with E-state index in [1.165, 1.54) is 0 Å². The molecule has 1 aliphatic heterocycles. The average Bonchev–Trinajstić information content (AvgIpc) is 2.37. The average molecular weight is 279 g/mol. The van der Waals surface area contributed by atoms with Crippen molar-refractivity contribution in [1.82, 2.24) is 4.90 Å². The van der Waals surface area contributed by atoms with Crippen LogP contribution in [0.1, 0.15) is 51.4 Å². The van der Waals surface area contributed by atoms with Crippen LogP contribution in [-0.2, 0) is 0 Å². The molecular weight excluding hydrogens is 255 g/mol. The molecule has 0 radical (unpaired) electrons. The molecule has 0 aromatic carbocycles. The van der Waals surface area contributed by atoms with E-state index in [4.69, 9.17) is 0 Å². The summed E-state index contributed by atoms with van der Waals surface area (Å²) < 4.78 is 37.1. The Kier molecular flexibility index (Phi) is 5.12. The van der Waals surface area contributed by atoms with E-state index >= 15 is 0 Å². The van der Waals surface area contributed by atoms with Gasteiger partial charge in [0.2, 0.25) is 0 Å². The lowest BCUT2D eigenvalue weighted by Gasteiger charge is -2.43. The van der Waals surface area contributed by atoms with Gasteiger partial charge in [-0.1, -0.05) is 19.3 Å². The van der Waals surface area contributed by atoms with Gasteiger partial charge in [-0.2, -0.15) is 13.2 Å². The molecule has 5 heteroatoms. The van der Waals surface area contributed by atoms with Crippen LogP contribution in [0.5, 0.6) is 0 Å². The van der Waals surface area contributed by atoms with Crippen LogP contribution in [0.3, 0.4) is 0 Å². The minimum absolute atomic E-state index is 0.0946. The van der Waals surface area contributed by atoms with E-state index in [2.05, 4.69) is 0 Å². The fourth-order valence-corrected chi connectivity index (χ4v) is 3.64. The highest BCUT2D eigenvalue weighted by Gasteiger charge is 2.37. The smallest absolute Gasteiger partial charge is 0.390 e. The number of rotatable bonds is 3. The summed E-state index contributed by atoms with van der Waals surface area (Å²) in [6.45, 7) is 0.849. The third-order valence-electron chi connectivity index (χ3n) is 4.62. The maximum absolute atomic E-state index is 12.4. The molecule has 2 nitrogen and oxygen atoms in total. The number of halogens is 3. The molecule has 2 rings (SSSR count). The van der Waals surface area contributed by atoms with E-state index in [-0.39, 0.29) is 24.6 Å². The third kappa shape index (κ3) is 4.35. The van der Waals surface area contributed by atoms with Crippen molar-refractivity contribution in [2.75, 3.05) is 13.1 Å². The maximum Gasteiger partial charge on any atom is 0.390 e. The van der Waals surface area contributed by atoms with Crippen molar-refractivity contribution < 1.29 is 18.3 Å². The van der Waals surface area contributed by atoms with E-state index < -0.39 is 12.6 Å². The molecular formula is C14H24F3NO. The first-order valence-electron chi connectivity index (χ1n) is 7.46. The van der Waals surface area contributed by atoms with E-state index in [9.17, 15) is 18.3 Å². The van der Waals surface area contributed by atoms with Crippen LogP contribution >= 0.6 is 0 Å². The number of likely N-dealkylation sites (tertiary alicyclic amines) is 1. The predicted octanol–water partition coefficient (Wildman–Crippen LogP) is 3.34. The van der Waals surface area contributed by atoms with Crippen molar-refractivity contribution in [3.05, 3.63) is 0 Å². The highest BCUT2D eigenvalue weighted by molar-refractivity contribution is 4.89. The van der Waals surface area contributed by atoms with Gasteiger partial charge >= 0.3 is 6.18 Å². The number of piperidine rings is 1. The largest absolute Gasteiger partial charge is 0.393 e. The van der Waals surface area contributed by atoms with Crippen molar-refractivity contribution in [2.24, 2.45) is 5.92 Å². The van der Waals surface area contributed by atoms with Gasteiger partial charge < -0.3 is 5.11 Å².